The standard InChI is InChI=1S/C13H19ClN2O4S/c1-13(20-3)6-8-16(9-7-13)11-5-4-10(19-2)12(15-11)21(14,17)18/h4-5H,6-9H2,1-3H3. The summed E-state index contributed by atoms with van der Waals surface area (Å²) in [5, 5.41) is -0.246. The third-order valence-electron chi connectivity index (χ3n) is 3.90. The zero-order chi connectivity index (χ0) is 15.7. The smallest absolute Gasteiger partial charge is 0.282 e. The van der Waals surface area contributed by atoms with Gasteiger partial charge in [-0.15, -0.1) is 0 Å². The number of halogens is 1. The van der Waals surface area contributed by atoms with E-state index in [4.69, 9.17) is 20.2 Å². The Hall–Kier alpha value is -1.05. The molecule has 1 aliphatic heterocycles. The summed E-state index contributed by atoms with van der Waals surface area (Å²) in [4.78, 5) is 6.17. The zero-order valence-corrected chi connectivity index (χ0v) is 13.9. The number of pyridine rings is 1. The minimum Gasteiger partial charge on any atom is -0.494 e. The Labute approximate surface area is 129 Å². The fourth-order valence-corrected chi connectivity index (χ4v) is 3.26. The molecule has 0 N–H and O–H groups in total. The molecule has 0 aliphatic carbocycles. The molecule has 1 fully saturated rings. The van der Waals surface area contributed by atoms with Gasteiger partial charge in [-0.1, -0.05) is 0 Å². The van der Waals surface area contributed by atoms with Gasteiger partial charge in [0.25, 0.3) is 9.05 Å². The highest BCUT2D eigenvalue weighted by Crippen LogP contribution is 2.31. The van der Waals surface area contributed by atoms with Crippen LogP contribution >= 0.6 is 10.7 Å². The van der Waals surface area contributed by atoms with Gasteiger partial charge in [-0.25, -0.2) is 13.4 Å². The molecule has 1 aromatic rings. The molecule has 8 heteroatoms. The predicted octanol–water partition coefficient (Wildman–Crippen LogP) is 2.02. The van der Waals surface area contributed by atoms with E-state index in [9.17, 15) is 8.42 Å². The Kier molecular flexibility index (Phi) is 4.65. The van der Waals surface area contributed by atoms with Crippen LogP contribution in [0.1, 0.15) is 19.8 Å². The second kappa shape index (κ2) is 5.98. The van der Waals surface area contributed by atoms with Crippen LogP contribution in [-0.2, 0) is 13.8 Å². The molecular formula is C13H19ClN2O4S. The molecule has 0 atom stereocenters. The van der Waals surface area contributed by atoms with E-state index >= 15 is 0 Å². The van der Waals surface area contributed by atoms with Gasteiger partial charge in [0.1, 0.15) is 5.82 Å². The molecule has 1 saturated heterocycles. The molecular weight excluding hydrogens is 316 g/mol. The summed E-state index contributed by atoms with van der Waals surface area (Å²) < 4.78 is 33.7. The maximum Gasteiger partial charge on any atom is 0.282 e. The van der Waals surface area contributed by atoms with Crippen molar-refractivity contribution in [3.8, 4) is 5.75 Å². The van der Waals surface area contributed by atoms with Crippen molar-refractivity contribution in [3.05, 3.63) is 12.1 Å². The lowest BCUT2D eigenvalue weighted by atomic mass is 9.93. The van der Waals surface area contributed by atoms with E-state index in [1.807, 2.05) is 4.90 Å². The van der Waals surface area contributed by atoms with E-state index in [1.54, 1.807) is 19.2 Å². The highest BCUT2D eigenvalue weighted by molar-refractivity contribution is 8.13. The van der Waals surface area contributed by atoms with Gasteiger partial charge in [-0.05, 0) is 31.9 Å². The van der Waals surface area contributed by atoms with Crippen molar-refractivity contribution < 1.29 is 17.9 Å². The van der Waals surface area contributed by atoms with Crippen molar-refractivity contribution in [1.29, 1.82) is 0 Å². The minimum absolute atomic E-state index is 0.135. The lowest BCUT2D eigenvalue weighted by molar-refractivity contribution is -0.0133. The SMILES string of the molecule is COc1ccc(N2CCC(C)(OC)CC2)nc1S(=O)(=O)Cl. The fraction of sp³-hybridized carbons (Fsp3) is 0.615. The first-order chi connectivity index (χ1) is 9.79. The zero-order valence-electron chi connectivity index (χ0n) is 12.3. The van der Waals surface area contributed by atoms with Gasteiger partial charge in [0.2, 0.25) is 5.03 Å². The molecule has 0 aromatic carbocycles. The van der Waals surface area contributed by atoms with Crippen molar-refractivity contribution in [1.82, 2.24) is 4.98 Å². The third kappa shape index (κ3) is 3.59. The molecule has 0 amide bonds. The molecule has 6 nitrogen and oxygen atoms in total. The average Bonchev–Trinajstić information content (AvgIpc) is 2.46. The summed E-state index contributed by atoms with van der Waals surface area (Å²) in [7, 11) is 4.55. The number of nitrogens with zero attached hydrogens (tertiary/aromatic N) is 2. The maximum atomic E-state index is 11.6. The first-order valence-electron chi connectivity index (χ1n) is 6.59. The van der Waals surface area contributed by atoms with Crippen LogP contribution in [0.3, 0.4) is 0 Å². The molecule has 0 saturated carbocycles. The van der Waals surface area contributed by atoms with Gasteiger partial charge in [-0.2, -0.15) is 0 Å². The summed E-state index contributed by atoms with van der Waals surface area (Å²) >= 11 is 0. The van der Waals surface area contributed by atoms with Crippen LogP contribution in [0.15, 0.2) is 17.2 Å². The van der Waals surface area contributed by atoms with Gasteiger partial charge in [0.15, 0.2) is 5.75 Å². The van der Waals surface area contributed by atoms with Gasteiger partial charge in [0.05, 0.1) is 12.7 Å². The summed E-state index contributed by atoms with van der Waals surface area (Å²) in [6, 6.07) is 3.31. The predicted molar refractivity (Wildman–Crippen MR) is 80.7 cm³/mol. The number of methoxy groups -OCH3 is 2. The number of hydrogen-bond acceptors (Lipinski definition) is 6. The Morgan fingerprint density at radius 2 is 1.90 bits per heavy atom. The van der Waals surface area contributed by atoms with Crippen LogP contribution < -0.4 is 9.64 Å². The summed E-state index contributed by atoms with van der Waals surface area (Å²) in [6.07, 6.45) is 1.69. The van der Waals surface area contributed by atoms with Crippen molar-refractivity contribution in [3.63, 3.8) is 0 Å². The Morgan fingerprint density at radius 1 is 1.29 bits per heavy atom. The van der Waals surface area contributed by atoms with Crippen LogP contribution in [0, 0.1) is 0 Å². The highest BCUT2D eigenvalue weighted by Gasteiger charge is 2.31. The number of hydrogen-bond donors (Lipinski definition) is 0. The molecule has 21 heavy (non-hydrogen) atoms. The molecule has 118 valence electrons. The number of piperidine rings is 1. The van der Waals surface area contributed by atoms with Crippen LogP contribution in [0.2, 0.25) is 0 Å². The fourth-order valence-electron chi connectivity index (χ4n) is 2.34. The summed E-state index contributed by atoms with van der Waals surface area (Å²) in [5.74, 6) is 0.723. The van der Waals surface area contributed by atoms with Crippen molar-refractivity contribution in [2.24, 2.45) is 0 Å². The van der Waals surface area contributed by atoms with Crippen LogP contribution in [0.25, 0.3) is 0 Å². The topological polar surface area (TPSA) is 68.7 Å². The quantitative estimate of drug-likeness (QED) is 0.785. The van der Waals surface area contributed by atoms with Crippen molar-refractivity contribution in [2.45, 2.75) is 30.4 Å². The van der Waals surface area contributed by atoms with Crippen LogP contribution in [0.4, 0.5) is 5.82 Å². The number of rotatable bonds is 4. The Bertz CT molecular complexity index is 613. The van der Waals surface area contributed by atoms with E-state index in [1.165, 1.54) is 7.11 Å². The highest BCUT2D eigenvalue weighted by atomic mass is 35.7. The molecule has 1 aliphatic rings. The van der Waals surface area contributed by atoms with Gasteiger partial charge in [0, 0.05) is 30.9 Å². The van der Waals surface area contributed by atoms with E-state index in [0.717, 1.165) is 25.9 Å². The first-order valence-corrected chi connectivity index (χ1v) is 8.90. The van der Waals surface area contributed by atoms with E-state index in [-0.39, 0.29) is 16.4 Å². The van der Waals surface area contributed by atoms with Gasteiger partial charge in [-0.3, -0.25) is 0 Å². The second-order valence-electron chi connectivity index (χ2n) is 5.26. The average molecular weight is 335 g/mol. The molecule has 2 heterocycles. The summed E-state index contributed by atoms with van der Waals surface area (Å²) in [5.41, 5.74) is -0.135. The van der Waals surface area contributed by atoms with Crippen molar-refractivity contribution in [2.75, 3.05) is 32.2 Å². The van der Waals surface area contributed by atoms with E-state index < -0.39 is 9.05 Å². The van der Waals surface area contributed by atoms with Gasteiger partial charge < -0.3 is 14.4 Å². The Morgan fingerprint density at radius 3 is 2.38 bits per heavy atom. The lowest BCUT2D eigenvalue weighted by Gasteiger charge is -2.39. The Balaban J connectivity index is 2.27. The minimum atomic E-state index is -3.95. The van der Waals surface area contributed by atoms with Crippen molar-refractivity contribution >= 4 is 25.6 Å². The molecule has 0 spiro atoms. The molecule has 0 unspecified atom stereocenters. The van der Waals surface area contributed by atoms with Crippen LogP contribution in [-0.4, -0.2) is 46.3 Å². The summed E-state index contributed by atoms with van der Waals surface area (Å²) in [6.45, 7) is 3.55. The van der Waals surface area contributed by atoms with Gasteiger partial charge >= 0.3 is 0 Å². The van der Waals surface area contributed by atoms with E-state index in [2.05, 4.69) is 11.9 Å². The number of aromatic nitrogens is 1. The first kappa shape index (κ1) is 16.3. The molecule has 0 bridgehead atoms. The largest absolute Gasteiger partial charge is 0.494 e. The number of ether oxygens (including phenoxy) is 2. The molecule has 2 rings (SSSR count). The van der Waals surface area contributed by atoms with E-state index in [0.29, 0.717) is 5.82 Å². The lowest BCUT2D eigenvalue weighted by Crippen LogP contribution is -2.44. The molecule has 1 aromatic heterocycles. The second-order valence-corrected chi connectivity index (χ2v) is 7.74. The monoisotopic (exact) mass is 334 g/mol. The molecule has 0 radical (unpaired) electrons. The van der Waals surface area contributed by atoms with Crippen LogP contribution in [0.5, 0.6) is 5.75 Å². The number of anilines is 1. The third-order valence-corrected chi connectivity index (χ3v) is 5.09. The normalized spacial score (nSPS) is 18.6. The maximum absolute atomic E-state index is 11.6.